The third kappa shape index (κ3) is 3.32. The number of carbonyl (C=O) groups is 1. The Morgan fingerprint density at radius 1 is 1.35 bits per heavy atom. The molecule has 3 rings (SSSR count). The quantitative estimate of drug-likeness (QED) is 0.702. The van der Waals surface area contributed by atoms with Gasteiger partial charge in [0.15, 0.2) is 10.7 Å². The zero-order valence-corrected chi connectivity index (χ0v) is 14.9. The van der Waals surface area contributed by atoms with Crippen LogP contribution >= 0.6 is 22.9 Å². The summed E-state index contributed by atoms with van der Waals surface area (Å²) >= 11 is 7.11. The van der Waals surface area contributed by atoms with E-state index in [1.165, 1.54) is 4.68 Å². The Kier molecular flexibility index (Phi) is 4.76. The van der Waals surface area contributed by atoms with E-state index in [0.29, 0.717) is 15.5 Å². The van der Waals surface area contributed by atoms with Gasteiger partial charge in [-0.2, -0.15) is 18.3 Å². The molecule has 136 valence electrons. The first-order valence-corrected chi connectivity index (χ1v) is 8.62. The summed E-state index contributed by atoms with van der Waals surface area (Å²) in [4.78, 5) is 16.1. The van der Waals surface area contributed by atoms with Gasteiger partial charge in [0.2, 0.25) is 0 Å². The summed E-state index contributed by atoms with van der Waals surface area (Å²) in [7, 11) is 0. The van der Waals surface area contributed by atoms with Gasteiger partial charge >= 0.3 is 6.18 Å². The van der Waals surface area contributed by atoms with Crippen LogP contribution in [0.3, 0.4) is 0 Å². The van der Waals surface area contributed by atoms with Crippen molar-refractivity contribution in [2.24, 2.45) is 5.73 Å². The van der Waals surface area contributed by atoms with Crippen molar-refractivity contribution in [3.63, 3.8) is 0 Å². The Morgan fingerprint density at radius 3 is 2.62 bits per heavy atom. The van der Waals surface area contributed by atoms with Crippen LogP contribution in [-0.2, 0) is 12.7 Å². The SMILES string of the molecule is CCn1nc(C(F)(F)F)cc1-c1sc(C(N)=O)nc1-c1ccccc1Cl. The molecule has 2 heterocycles. The highest BCUT2D eigenvalue weighted by molar-refractivity contribution is 7.17. The van der Waals surface area contributed by atoms with Crippen LogP contribution in [0.2, 0.25) is 5.02 Å². The fourth-order valence-electron chi connectivity index (χ4n) is 2.41. The third-order valence-electron chi connectivity index (χ3n) is 3.57. The average molecular weight is 401 g/mol. The number of thiazole rings is 1. The summed E-state index contributed by atoms with van der Waals surface area (Å²) < 4.78 is 40.4. The van der Waals surface area contributed by atoms with Gasteiger partial charge in [0.25, 0.3) is 5.91 Å². The van der Waals surface area contributed by atoms with Crippen LogP contribution in [0, 0.1) is 0 Å². The predicted molar refractivity (Wildman–Crippen MR) is 93.0 cm³/mol. The minimum absolute atomic E-state index is 0.0210. The Labute approximate surface area is 155 Å². The molecule has 0 unspecified atom stereocenters. The molecule has 0 spiro atoms. The molecule has 0 saturated carbocycles. The van der Waals surface area contributed by atoms with Crippen molar-refractivity contribution in [2.75, 3.05) is 0 Å². The zero-order chi connectivity index (χ0) is 19.1. The summed E-state index contributed by atoms with van der Waals surface area (Å²) in [6.07, 6.45) is -4.59. The molecule has 10 heteroatoms. The number of aryl methyl sites for hydroxylation is 1. The lowest BCUT2D eigenvalue weighted by molar-refractivity contribution is -0.141. The van der Waals surface area contributed by atoms with Gasteiger partial charge in [0.1, 0.15) is 0 Å². The molecule has 2 aromatic heterocycles. The fraction of sp³-hybridized carbons (Fsp3) is 0.188. The molecule has 0 aliphatic heterocycles. The number of alkyl halides is 3. The molecule has 0 radical (unpaired) electrons. The Morgan fingerprint density at radius 2 is 2.04 bits per heavy atom. The van der Waals surface area contributed by atoms with Crippen LogP contribution < -0.4 is 5.73 Å². The summed E-state index contributed by atoms with van der Waals surface area (Å²) in [6.45, 7) is 1.87. The van der Waals surface area contributed by atoms with Crippen molar-refractivity contribution < 1.29 is 18.0 Å². The first-order valence-electron chi connectivity index (χ1n) is 7.43. The molecule has 1 aromatic carbocycles. The maximum atomic E-state index is 13.1. The lowest BCUT2D eigenvalue weighted by atomic mass is 10.1. The van der Waals surface area contributed by atoms with E-state index < -0.39 is 17.8 Å². The van der Waals surface area contributed by atoms with E-state index in [-0.39, 0.29) is 22.9 Å². The molecular formula is C16H12ClF3N4OS. The topological polar surface area (TPSA) is 73.8 Å². The molecule has 5 nitrogen and oxygen atoms in total. The fourth-order valence-corrected chi connectivity index (χ4v) is 3.59. The van der Waals surface area contributed by atoms with Crippen LogP contribution in [0.4, 0.5) is 13.2 Å². The Balaban J connectivity index is 2.27. The zero-order valence-electron chi connectivity index (χ0n) is 13.3. The number of benzene rings is 1. The van der Waals surface area contributed by atoms with Crippen LogP contribution in [0.5, 0.6) is 0 Å². The highest BCUT2D eigenvalue weighted by Crippen LogP contribution is 2.41. The van der Waals surface area contributed by atoms with Gasteiger partial charge < -0.3 is 5.73 Å². The molecule has 0 aliphatic rings. The second-order valence-corrected chi connectivity index (χ2v) is 6.68. The molecule has 0 bridgehead atoms. The number of halogens is 4. The van der Waals surface area contributed by atoms with Gasteiger partial charge in [-0.1, -0.05) is 29.8 Å². The Bertz CT molecular complexity index is 980. The van der Waals surface area contributed by atoms with E-state index >= 15 is 0 Å². The standard InChI is InChI=1S/C16H12ClF3N4OS/c1-2-24-10(7-11(23-24)16(18,19)20)13-12(22-15(26-13)14(21)25)8-5-3-4-6-9(8)17/h3-7H,2H2,1H3,(H2,21,25). The van der Waals surface area contributed by atoms with Crippen molar-refractivity contribution in [1.29, 1.82) is 0 Å². The highest BCUT2D eigenvalue weighted by Gasteiger charge is 2.35. The Hall–Kier alpha value is -2.39. The first-order chi connectivity index (χ1) is 12.2. The summed E-state index contributed by atoms with van der Waals surface area (Å²) in [5.74, 6) is -0.770. The molecule has 3 aromatic rings. The number of nitrogens with zero attached hydrogens (tertiary/aromatic N) is 3. The van der Waals surface area contributed by atoms with Gasteiger partial charge in [-0.15, -0.1) is 11.3 Å². The molecule has 1 amide bonds. The maximum Gasteiger partial charge on any atom is 0.435 e. The van der Waals surface area contributed by atoms with E-state index in [2.05, 4.69) is 10.1 Å². The molecule has 0 aliphatic carbocycles. The molecular weight excluding hydrogens is 389 g/mol. The number of hydrogen-bond acceptors (Lipinski definition) is 4. The number of nitrogens with two attached hydrogens (primary N) is 1. The lowest BCUT2D eigenvalue weighted by Gasteiger charge is -2.06. The molecule has 2 N–H and O–H groups in total. The minimum Gasteiger partial charge on any atom is -0.364 e. The number of amides is 1. The van der Waals surface area contributed by atoms with Crippen LogP contribution in [-0.4, -0.2) is 20.7 Å². The van der Waals surface area contributed by atoms with Crippen LogP contribution in [0.15, 0.2) is 30.3 Å². The monoisotopic (exact) mass is 400 g/mol. The second kappa shape index (κ2) is 6.73. The second-order valence-electron chi connectivity index (χ2n) is 5.27. The van der Waals surface area contributed by atoms with Crippen molar-refractivity contribution in [3.8, 4) is 21.8 Å². The molecule has 0 atom stereocenters. The summed E-state index contributed by atoms with van der Waals surface area (Å²) in [6, 6.07) is 7.66. The van der Waals surface area contributed by atoms with E-state index in [1.807, 2.05) is 0 Å². The minimum atomic E-state index is -4.59. The van der Waals surface area contributed by atoms with Crippen molar-refractivity contribution >= 4 is 28.8 Å². The normalized spacial score (nSPS) is 11.7. The van der Waals surface area contributed by atoms with Crippen molar-refractivity contribution in [2.45, 2.75) is 19.6 Å². The van der Waals surface area contributed by atoms with E-state index in [9.17, 15) is 18.0 Å². The summed E-state index contributed by atoms with van der Waals surface area (Å²) in [5, 5.41) is 3.94. The molecule has 0 saturated heterocycles. The van der Waals surface area contributed by atoms with Crippen LogP contribution in [0.25, 0.3) is 21.8 Å². The molecule has 0 fully saturated rings. The van der Waals surface area contributed by atoms with E-state index in [4.69, 9.17) is 17.3 Å². The highest BCUT2D eigenvalue weighted by atomic mass is 35.5. The van der Waals surface area contributed by atoms with E-state index in [0.717, 1.165) is 17.4 Å². The number of aromatic nitrogens is 3. The van der Waals surface area contributed by atoms with Crippen LogP contribution in [0.1, 0.15) is 22.4 Å². The van der Waals surface area contributed by atoms with Gasteiger partial charge in [-0.05, 0) is 19.1 Å². The van der Waals surface area contributed by atoms with Gasteiger partial charge in [-0.3, -0.25) is 9.48 Å². The van der Waals surface area contributed by atoms with Gasteiger partial charge in [-0.25, -0.2) is 4.98 Å². The first kappa shape index (κ1) is 18.4. The van der Waals surface area contributed by atoms with Crippen molar-refractivity contribution in [1.82, 2.24) is 14.8 Å². The number of primary amides is 1. The predicted octanol–water partition coefficient (Wildman–Crippen LogP) is 4.46. The maximum absolute atomic E-state index is 13.1. The number of rotatable bonds is 4. The van der Waals surface area contributed by atoms with Crippen molar-refractivity contribution in [3.05, 3.63) is 46.1 Å². The van der Waals surface area contributed by atoms with Gasteiger partial charge in [0, 0.05) is 12.1 Å². The number of hydrogen-bond donors (Lipinski definition) is 1. The summed E-state index contributed by atoms with van der Waals surface area (Å²) in [5.41, 5.74) is 5.26. The number of carbonyl (C=O) groups excluding carboxylic acids is 1. The third-order valence-corrected chi connectivity index (χ3v) is 4.99. The molecule has 26 heavy (non-hydrogen) atoms. The smallest absolute Gasteiger partial charge is 0.364 e. The van der Waals surface area contributed by atoms with Gasteiger partial charge in [0.05, 0.1) is 21.3 Å². The van der Waals surface area contributed by atoms with E-state index in [1.54, 1.807) is 31.2 Å². The average Bonchev–Trinajstić information content (AvgIpc) is 3.18. The largest absolute Gasteiger partial charge is 0.435 e. The lowest BCUT2D eigenvalue weighted by Crippen LogP contribution is -2.10.